The van der Waals surface area contributed by atoms with Gasteiger partial charge in [0.05, 0.1) is 0 Å². The number of hydrogen-bond acceptors (Lipinski definition) is 2. The zero-order valence-electron chi connectivity index (χ0n) is 11.0. The van der Waals surface area contributed by atoms with E-state index in [4.69, 9.17) is 5.73 Å². The molecular formula is C14H28N2. The van der Waals surface area contributed by atoms with E-state index in [0.29, 0.717) is 5.41 Å². The van der Waals surface area contributed by atoms with Crippen LogP contribution in [0.25, 0.3) is 0 Å². The van der Waals surface area contributed by atoms with Gasteiger partial charge < -0.3 is 10.6 Å². The molecule has 1 saturated heterocycles. The van der Waals surface area contributed by atoms with Crippen molar-refractivity contribution in [1.29, 1.82) is 0 Å². The fraction of sp³-hybridized carbons (Fsp3) is 1.00. The summed E-state index contributed by atoms with van der Waals surface area (Å²) in [5.41, 5.74) is 6.26. The van der Waals surface area contributed by atoms with E-state index >= 15 is 0 Å². The van der Waals surface area contributed by atoms with E-state index in [1.54, 1.807) is 0 Å². The molecule has 94 valence electrons. The van der Waals surface area contributed by atoms with Gasteiger partial charge >= 0.3 is 0 Å². The van der Waals surface area contributed by atoms with Crippen molar-refractivity contribution in [2.45, 2.75) is 46.0 Å². The van der Waals surface area contributed by atoms with E-state index in [1.165, 1.54) is 51.7 Å². The van der Waals surface area contributed by atoms with Crippen LogP contribution in [0.2, 0.25) is 0 Å². The molecule has 2 fully saturated rings. The maximum atomic E-state index is 5.86. The minimum atomic E-state index is 0.401. The Kier molecular flexibility index (Phi) is 3.91. The van der Waals surface area contributed by atoms with Gasteiger partial charge in [-0.1, -0.05) is 33.1 Å². The Bertz CT molecular complexity index is 229. The highest BCUT2D eigenvalue weighted by Crippen LogP contribution is 2.34. The lowest BCUT2D eigenvalue weighted by atomic mass is 9.80. The summed E-state index contributed by atoms with van der Waals surface area (Å²) in [5, 5.41) is 0. The van der Waals surface area contributed by atoms with Crippen LogP contribution in [0.3, 0.4) is 0 Å². The van der Waals surface area contributed by atoms with Crippen LogP contribution in [-0.4, -0.2) is 31.1 Å². The highest BCUT2D eigenvalue weighted by molar-refractivity contribution is 4.88. The summed E-state index contributed by atoms with van der Waals surface area (Å²) in [6.45, 7) is 9.48. The van der Waals surface area contributed by atoms with Crippen molar-refractivity contribution < 1.29 is 0 Å². The first-order valence-corrected chi connectivity index (χ1v) is 7.05. The van der Waals surface area contributed by atoms with Crippen molar-refractivity contribution in [3.63, 3.8) is 0 Å². The second-order valence-electron chi connectivity index (χ2n) is 6.52. The lowest BCUT2D eigenvalue weighted by Crippen LogP contribution is -2.35. The van der Waals surface area contributed by atoms with Gasteiger partial charge in [-0.05, 0) is 43.2 Å². The Morgan fingerprint density at radius 3 is 2.69 bits per heavy atom. The molecule has 2 nitrogen and oxygen atoms in total. The highest BCUT2D eigenvalue weighted by atomic mass is 15.2. The first kappa shape index (κ1) is 12.4. The van der Waals surface area contributed by atoms with Gasteiger partial charge in [0.2, 0.25) is 0 Å². The van der Waals surface area contributed by atoms with Crippen LogP contribution in [0, 0.1) is 17.3 Å². The van der Waals surface area contributed by atoms with Crippen molar-refractivity contribution in [3.05, 3.63) is 0 Å². The first-order chi connectivity index (χ1) is 7.63. The Labute approximate surface area is 101 Å². The van der Waals surface area contributed by atoms with Gasteiger partial charge in [-0.3, -0.25) is 0 Å². The third kappa shape index (κ3) is 2.78. The Morgan fingerprint density at radius 2 is 2.06 bits per heavy atom. The summed E-state index contributed by atoms with van der Waals surface area (Å²) < 4.78 is 0. The molecule has 0 spiro atoms. The van der Waals surface area contributed by atoms with E-state index in [0.717, 1.165) is 18.4 Å². The van der Waals surface area contributed by atoms with Gasteiger partial charge in [0.1, 0.15) is 0 Å². The zero-order chi connectivity index (χ0) is 11.6. The molecule has 3 unspecified atom stereocenters. The molecule has 2 N–H and O–H groups in total. The molecule has 1 heterocycles. The molecule has 3 atom stereocenters. The second kappa shape index (κ2) is 5.05. The molecule has 1 saturated carbocycles. The Balaban J connectivity index is 1.82. The van der Waals surface area contributed by atoms with Crippen molar-refractivity contribution in [3.8, 4) is 0 Å². The molecular weight excluding hydrogens is 196 g/mol. The quantitative estimate of drug-likeness (QED) is 0.798. The summed E-state index contributed by atoms with van der Waals surface area (Å²) in [5.74, 6) is 1.90. The van der Waals surface area contributed by atoms with Crippen LogP contribution in [0.15, 0.2) is 0 Å². The van der Waals surface area contributed by atoms with E-state index in [-0.39, 0.29) is 0 Å². The van der Waals surface area contributed by atoms with Gasteiger partial charge in [0.25, 0.3) is 0 Å². The van der Waals surface area contributed by atoms with E-state index in [9.17, 15) is 0 Å². The van der Waals surface area contributed by atoms with E-state index in [2.05, 4.69) is 18.7 Å². The SMILES string of the molecule is CC1CCCCC1CN1CCC(C)(CN)C1. The molecule has 0 bridgehead atoms. The maximum absolute atomic E-state index is 5.86. The van der Waals surface area contributed by atoms with Crippen LogP contribution in [0.4, 0.5) is 0 Å². The number of nitrogens with two attached hydrogens (primary N) is 1. The molecule has 2 rings (SSSR count). The summed E-state index contributed by atoms with van der Waals surface area (Å²) in [7, 11) is 0. The van der Waals surface area contributed by atoms with Crippen molar-refractivity contribution in [1.82, 2.24) is 4.90 Å². The molecule has 2 heteroatoms. The summed E-state index contributed by atoms with van der Waals surface area (Å²) in [6, 6.07) is 0. The normalized spacial score (nSPS) is 41.4. The van der Waals surface area contributed by atoms with Crippen LogP contribution >= 0.6 is 0 Å². The fourth-order valence-corrected chi connectivity index (χ4v) is 3.44. The highest BCUT2D eigenvalue weighted by Gasteiger charge is 2.34. The fourth-order valence-electron chi connectivity index (χ4n) is 3.44. The summed E-state index contributed by atoms with van der Waals surface area (Å²) >= 11 is 0. The molecule has 1 aliphatic heterocycles. The number of hydrogen-bond donors (Lipinski definition) is 1. The van der Waals surface area contributed by atoms with Gasteiger partial charge in [-0.2, -0.15) is 0 Å². The average molecular weight is 224 g/mol. The van der Waals surface area contributed by atoms with Crippen molar-refractivity contribution in [2.24, 2.45) is 23.0 Å². The third-order valence-corrected chi connectivity index (χ3v) is 4.91. The zero-order valence-corrected chi connectivity index (χ0v) is 11.0. The van der Waals surface area contributed by atoms with Crippen molar-refractivity contribution in [2.75, 3.05) is 26.2 Å². The number of rotatable bonds is 3. The van der Waals surface area contributed by atoms with Gasteiger partial charge in [-0.25, -0.2) is 0 Å². The minimum absolute atomic E-state index is 0.401. The van der Waals surface area contributed by atoms with E-state index < -0.39 is 0 Å². The van der Waals surface area contributed by atoms with Crippen LogP contribution in [-0.2, 0) is 0 Å². The first-order valence-electron chi connectivity index (χ1n) is 7.05. The Hall–Kier alpha value is -0.0800. The van der Waals surface area contributed by atoms with Gasteiger partial charge in [0, 0.05) is 13.1 Å². The second-order valence-corrected chi connectivity index (χ2v) is 6.52. The van der Waals surface area contributed by atoms with Gasteiger partial charge in [-0.15, -0.1) is 0 Å². The van der Waals surface area contributed by atoms with Gasteiger partial charge in [0.15, 0.2) is 0 Å². The van der Waals surface area contributed by atoms with Crippen LogP contribution < -0.4 is 5.73 Å². The topological polar surface area (TPSA) is 29.3 Å². The minimum Gasteiger partial charge on any atom is -0.330 e. The Morgan fingerprint density at radius 1 is 1.31 bits per heavy atom. The number of likely N-dealkylation sites (tertiary alicyclic amines) is 1. The average Bonchev–Trinajstić information content (AvgIpc) is 2.65. The molecule has 2 aliphatic rings. The summed E-state index contributed by atoms with van der Waals surface area (Å²) in [4.78, 5) is 2.67. The lowest BCUT2D eigenvalue weighted by Gasteiger charge is -2.32. The molecule has 16 heavy (non-hydrogen) atoms. The predicted octanol–water partition coefficient (Wildman–Crippen LogP) is 2.48. The lowest BCUT2D eigenvalue weighted by molar-refractivity contribution is 0.169. The molecule has 0 amide bonds. The summed E-state index contributed by atoms with van der Waals surface area (Å²) in [6.07, 6.45) is 7.11. The van der Waals surface area contributed by atoms with Crippen LogP contribution in [0.5, 0.6) is 0 Å². The molecule has 0 radical (unpaired) electrons. The monoisotopic (exact) mass is 224 g/mol. The smallest absolute Gasteiger partial charge is 0.00480 e. The maximum Gasteiger partial charge on any atom is 0.00480 e. The third-order valence-electron chi connectivity index (χ3n) is 4.91. The predicted molar refractivity (Wildman–Crippen MR) is 69.3 cm³/mol. The van der Waals surface area contributed by atoms with Crippen molar-refractivity contribution >= 4 is 0 Å². The molecule has 0 aromatic rings. The molecule has 0 aromatic carbocycles. The van der Waals surface area contributed by atoms with Crippen LogP contribution in [0.1, 0.15) is 46.0 Å². The standard InChI is InChI=1S/C14H28N2/c1-12-5-3-4-6-13(12)9-16-8-7-14(2,10-15)11-16/h12-13H,3-11,15H2,1-2H3. The molecule has 0 aromatic heterocycles. The van der Waals surface area contributed by atoms with E-state index in [1.807, 2.05) is 0 Å². The molecule has 1 aliphatic carbocycles. The largest absolute Gasteiger partial charge is 0.330 e. The number of nitrogens with zero attached hydrogens (tertiary/aromatic N) is 1.